The van der Waals surface area contributed by atoms with Crippen molar-refractivity contribution in [2.45, 2.75) is 13.8 Å². The van der Waals surface area contributed by atoms with Gasteiger partial charge in [-0.1, -0.05) is 24.3 Å². The van der Waals surface area contributed by atoms with Crippen LogP contribution in [0.25, 0.3) is 22.0 Å². The summed E-state index contributed by atoms with van der Waals surface area (Å²) in [5.74, 6) is 0. The van der Waals surface area contributed by atoms with Crippen LogP contribution in [0, 0.1) is 13.8 Å². The van der Waals surface area contributed by atoms with E-state index in [0.29, 0.717) is 0 Å². The van der Waals surface area contributed by atoms with E-state index in [2.05, 4.69) is 42.2 Å². The molecule has 3 aromatic rings. The molecule has 0 atom stereocenters. The van der Waals surface area contributed by atoms with Gasteiger partial charge in [0.25, 0.3) is 0 Å². The maximum atomic E-state index is 5.98. The first kappa shape index (κ1) is 11.7. The van der Waals surface area contributed by atoms with Gasteiger partial charge < -0.3 is 5.73 Å². The third kappa shape index (κ3) is 2.06. The first-order valence-electron chi connectivity index (χ1n) is 6.38. The van der Waals surface area contributed by atoms with Crippen molar-refractivity contribution in [3.05, 3.63) is 59.8 Å². The number of pyridine rings is 1. The normalized spacial score (nSPS) is 10.8. The predicted molar refractivity (Wildman–Crippen MR) is 81.1 cm³/mol. The fraction of sp³-hybridized carbons (Fsp3) is 0.118. The summed E-state index contributed by atoms with van der Waals surface area (Å²) >= 11 is 0. The molecule has 0 amide bonds. The zero-order chi connectivity index (χ0) is 13.4. The Morgan fingerprint density at radius 1 is 0.947 bits per heavy atom. The molecule has 0 aliphatic rings. The Labute approximate surface area is 112 Å². The number of hydrogen-bond donors (Lipinski definition) is 1. The van der Waals surface area contributed by atoms with Crippen molar-refractivity contribution in [2.24, 2.45) is 0 Å². The second kappa shape index (κ2) is 4.39. The van der Waals surface area contributed by atoms with Gasteiger partial charge in [-0.2, -0.15) is 0 Å². The molecule has 19 heavy (non-hydrogen) atoms. The molecule has 2 heteroatoms. The van der Waals surface area contributed by atoms with E-state index in [1.807, 2.05) is 25.1 Å². The van der Waals surface area contributed by atoms with Crippen molar-refractivity contribution < 1.29 is 0 Å². The highest BCUT2D eigenvalue weighted by molar-refractivity contribution is 5.86. The van der Waals surface area contributed by atoms with Crippen LogP contribution in [0.1, 0.15) is 11.3 Å². The molecular formula is C17H16N2. The lowest BCUT2D eigenvalue weighted by molar-refractivity contribution is 1.26. The summed E-state index contributed by atoms with van der Waals surface area (Å²) in [7, 11) is 0. The van der Waals surface area contributed by atoms with Crippen LogP contribution in [0.4, 0.5) is 5.69 Å². The lowest BCUT2D eigenvalue weighted by Gasteiger charge is -2.09. The molecule has 2 aromatic carbocycles. The molecule has 0 saturated heterocycles. The monoisotopic (exact) mass is 248 g/mol. The average molecular weight is 248 g/mol. The van der Waals surface area contributed by atoms with Crippen LogP contribution >= 0.6 is 0 Å². The van der Waals surface area contributed by atoms with Crippen molar-refractivity contribution in [3.63, 3.8) is 0 Å². The maximum absolute atomic E-state index is 5.98. The second-order valence-electron chi connectivity index (χ2n) is 4.88. The van der Waals surface area contributed by atoms with E-state index in [-0.39, 0.29) is 0 Å². The lowest BCUT2D eigenvalue weighted by atomic mass is 9.98. The molecular weight excluding hydrogens is 232 g/mol. The molecule has 0 aliphatic heterocycles. The summed E-state index contributed by atoms with van der Waals surface area (Å²) in [5.41, 5.74) is 12.4. The van der Waals surface area contributed by atoms with Crippen LogP contribution in [-0.4, -0.2) is 4.98 Å². The van der Waals surface area contributed by atoms with Gasteiger partial charge in [0.05, 0.1) is 5.52 Å². The number of rotatable bonds is 1. The predicted octanol–water partition coefficient (Wildman–Crippen LogP) is 4.10. The third-order valence-electron chi connectivity index (χ3n) is 3.52. The van der Waals surface area contributed by atoms with E-state index in [9.17, 15) is 0 Å². The molecule has 1 heterocycles. The third-order valence-corrected chi connectivity index (χ3v) is 3.52. The molecule has 3 rings (SSSR count). The average Bonchev–Trinajstić information content (AvgIpc) is 2.41. The summed E-state index contributed by atoms with van der Waals surface area (Å²) in [6.07, 6.45) is 0. The molecule has 0 spiro atoms. The highest BCUT2D eigenvalue weighted by Gasteiger charge is 2.05. The fourth-order valence-corrected chi connectivity index (χ4v) is 2.36. The molecule has 94 valence electrons. The first-order valence-corrected chi connectivity index (χ1v) is 6.38. The fourth-order valence-electron chi connectivity index (χ4n) is 2.36. The standard InChI is InChI=1S/C17H16N2/c1-11-6-7-14-10-13(8-9-17(14)19-11)15-4-3-5-16(18)12(15)2/h3-10H,18H2,1-2H3. The number of fused-ring (bicyclic) bond motifs is 1. The molecule has 0 unspecified atom stereocenters. The number of anilines is 1. The Hall–Kier alpha value is -2.35. The van der Waals surface area contributed by atoms with E-state index < -0.39 is 0 Å². The Morgan fingerprint density at radius 2 is 1.79 bits per heavy atom. The van der Waals surface area contributed by atoms with Crippen LogP contribution in [0.3, 0.4) is 0 Å². The number of aryl methyl sites for hydroxylation is 1. The quantitative estimate of drug-likeness (QED) is 0.658. The maximum Gasteiger partial charge on any atom is 0.0705 e. The molecule has 1 aromatic heterocycles. The number of nitrogen functional groups attached to an aromatic ring is 1. The number of nitrogens with zero attached hydrogens (tertiary/aromatic N) is 1. The van der Waals surface area contributed by atoms with E-state index in [4.69, 9.17) is 5.73 Å². The van der Waals surface area contributed by atoms with Gasteiger partial charge >= 0.3 is 0 Å². The van der Waals surface area contributed by atoms with Gasteiger partial charge in [0.1, 0.15) is 0 Å². The van der Waals surface area contributed by atoms with Gasteiger partial charge in [-0.15, -0.1) is 0 Å². The molecule has 0 radical (unpaired) electrons. The van der Waals surface area contributed by atoms with Crippen molar-refractivity contribution in [1.29, 1.82) is 0 Å². The van der Waals surface area contributed by atoms with Crippen molar-refractivity contribution in [3.8, 4) is 11.1 Å². The summed E-state index contributed by atoms with van der Waals surface area (Å²) in [4.78, 5) is 4.53. The SMILES string of the molecule is Cc1ccc2cc(-c3cccc(N)c3C)ccc2n1. The Bertz CT molecular complexity index is 760. The first-order chi connectivity index (χ1) is 9.15. The summed E-state index contributed by atoms with van der Waals surface area (Å²) in [6.45, 7) is 4.07. The van der Waals surface area contributed by atoms with Crippen LogP contribution in [-0.2, 0) is 0 Å². The molecule has 0 aliphatic carbocycles. The van der Waals surface area contributed by atoms with E-state index >= 15 is 0 Å². The van der Waals surface area contributed by atoms with Crippen molar-refractivity contribution in [2.75, 3.05) is 5.73 Å². The molecule has 2 N–H and O–H groups in total. The van der Waals surface area contributed by atoms with Crippen LogP contribution in [0.15, 0.2) is 48.5 Å². The number of aromatic nitrogens is 1. The van der Waals surface area contributed by atoms with Gasteiger partial charge in [0.2, 0.25) is 0 Å². The minimum absolute atomic E-state index is 0.833. The Morgan fingerprint density at radius 3 is 2.63 bits per heavy atom. The summed E-state index contributed by atoms with van der Waals surface area (Å²) < 4.78 is 0. The number of hydrogen-bond acceptors (Lipinski definition) is 2. The molecule has 0 bridgehead atoms. The largest absolute Gasteiger partial charge is 0.398 e. The van der Waals surface area contributed by atoms with Gasteiger partial charge in [-0.05, 0) is 54.8 Å². The topological polar surface area (TPSA) is 38.9 Å². The smallest absolute Gasteiger partial charge is 0.0705 e. The van der Waals surface area contributed by atoms with E-state index in [0.717, 1.165) is 27.8 Å². The van der Waals surface area contributed by atoms with Crippen molar-refractivity contribution in [1.82, 2.24) is 4.98 Å². The van der Waals surface area contributed by atoms with E-state index in [1.54, 1.807) is 0 Å². The zero-order valence-electron chi connectivity index (χ0n) is 11.1. The van der Waals surface area contributed by atoms with Gasteiger partial charge in [0.15, 0.2) is 0 Å². The summed E-state index contributed by atoms with van der Waals surface area (Å²) in [6, 6.07) is 16.5. The van der Waals surface area contributed by atoms with Crippen molar-refractivity contribution >= 4 is 16.6 Å². The highest BCUT2D eigenvalue weighted by atomic mass is 14.7. The summed E-state index contributed by atoms with van der Waals surface area (Å²) in [5, 5.41) is 1.16. The minimum Gasteiger partial charge on any atom is -0.398 e. The van der Waals surface area contributed by atoms with Gasteiger partial charge in [-0.25, -0.2) is 0 Å². The van der Waals surface area contributed by atoms with Crippen LogP contribution < -0.4 is 5.73 Å². The zero-order valence-corrected chi connectivity index (χ0v) is 11.1. The van der Waals surface area contributed by atoms with Gasteiger partial charge in [0, 0.05) is 16.8 Å². The molecule has 2 nitrogen and oxygen atoms in total. The number of benzene rings is 2. The van der Waals surface area contributed by atoms with Gasteiger partial charge in [-0.3, -0.25) is 4.98 Å². The minimum atomic E-state index is 0.833. The second-order valence-corrected chi connectivity index (χ2v) is 4.88. The Balaban J connectivity index is 2.20. The molecule has 0 fully saturated rings. The number of nitrogens with two attached hydrogens (primary N) is 1. The van der Waals surface area contributed by atoms with Crippen LogP contribution in [0.5, 0.6) is 0 Å². The Kier molecular flexibility index (Phi) is 2.71. The van der Waals surface area contributed by atoms with Crippen LogP contribution in [0.2, 0.25) is 0 Å². The van der Waals surface area contributed by atoms with E-state index in [1.165, 1.54) is 11.1 Å². The lowest BCUT2D eigenvalue weighted by Crippen LogP contribution is -1.92. The highest BCUT2D eigenvalue weighted by Crippen LogP contribution is 2.29. The molecule has 0 saturated carbocycles.